The van der Waals surface area contributed by atoms with Crippen LogP contribution in [-0.2, 0) is 21.4 Å². The predicted octanol–water partition coefficient (Wildman–Crippen LogP) is 0.0352. The maximum absolute atomic E-state index is 12.2. The lowest BCUT2D eigenvalue weighted by Crippen LogP contribution is -2.14. The third kappa shape index (κ3) is 3.34. The van der Waals surface area contributed by atoms with Gasteiger partial charge in [0.05, 0.1) is 11.9 Å². The Morgan fingerprint density at radius 1 is 1.52 bits per heavy atom. The molecule has 0 bridgehead atoms. The molecule has 0 unspecified atom stereocenters. The number of aliphatic carboxylic acids is 1. The van der Waals surface area contributed by atoms with Crippen LogP contribution in [0.5, 0.6) is 0 Å². The number of aromatic nitrogens is 3. The molecule has 21 heavy (non-hydrogen) atoms. The van der Waals surface area contributed by atoms with E-state index in [0.717, 1.165) is 4.68 Å². The molecule has 0 aliphatic heterocycles. The Balaban J connectivity index is 2.28. The van der Waals surface area contributed by atoms with Gasteiger partial charge in [0.15, 0.2) is 5.69 Å². The Morgan fingerprint density at radius 2 is 2.29 bits per heavy atom. The second kappa shape index (κ2) is 5.59. The minimum Gasteiger partial charge on any atom is -0.480 e. The summed E-state index contributed by atoms with van der Waals surface area (Å²) >= 11 is 0. The third-order valence-corrected chi connectivity index (χ3v) is 3.76. The summed E-state index contributed by atoms with van der Waals surface area (Å²) in [6.07, 6.45) is 3.71. The highest BCUT2D eigenvalue weighted by atomic mass is 32.2. The first-order chi connectivity index (χ1) is 9.92. The van der Waals surface area contributed by atoms with Crippen molar-refractivity contribution < 1.29 is 18.3 Å². The molecule has 0 aliphatic carbocycles. The molecule has 2 aromatic heterocycles. The minimum atomic E-state index is -4.01. The monoisotopic (exact) mass is 307 g/mol. The number of nitrogens with one attached hydrogen (secondary N) is 1. The summed E-state index contributed by atoms with van der Waals surface area (Å²) in [5.41, 5.74) is -0.146. The Kier molecular flexibility index (Phi) is 3.86. The van der Waals surface area contributed by atoms with Gasteiger partial charge in [-0.15, -0.1) is 0 Å². The maximum atomic E-state index is 12.2. The molecule has 10 heteroatoms. The molecule has 0 atom stereocenters. The van der Waals surface area contributed by atoms with Crippen molar-refractivity contribution in [3.63, 3.8) is 0 Å². The zero-order chi connectivity index (χ0) is 15.5. The quantitative estimate of drug-likeness (QED) is 0.794. The van der Waals surface area contributed by atoms with Crippen LogP contribution in [0.2, 0.25) is 0 Å². The van der Waals surface area contributed by atoms with Crippen LogP contribution in [0.25, 0.3) is 0 Å². The van der Waals surface area contributed by atoms with Crippen molar-refractivity contribution in [3.05, 3.63) is 36.4 Å². The molecule has 108 valence electrons. The molecule has 0 aliphatic rings. The average molecular weight is 307 g/mol. The highest BCUT2D eigenvalue weighted by molar-refractivity contribution is 7.92. The summed E-state index contributed by atoms with van der Waals surface area (Å²) in [5, 5.41) is 21.2. The number of hydrogen-bond acceptors (Lipinski definition) is 6. The van der Waals surface area contributed by atoms with Gasteiger partial charge in [-0.1, -0.05) is 0 Å². The van der Waals surface area contributed by atoms with Crippen molar-refractivity contribution in [1.29, 1.82) is 5.26 Å². The lowest BCUT2D eigenvalue weighted by Gasteiger charge is -2.06. The number of rotatable bonds is 5. The topological polar surface area (TPSA) is 138 Å². The summed E-state index contributed by atoms with van der Waals surface area (Å²) < 4.78 is 27.6. The summed E-state index contributed by atoms with van der Waals surface area (Å²) in [6.45, 7) is -0.391. The van der Waals surface area contributed by atoms with Crippen LogP contribution in [0.15, 0.2) is 35.6 Å². The molecule has 0 saturated carbocycles. The molecule has 2 heterocycles. The van der Waals surface area contributed by atoms with Crippen molar-refractivity contribution in [2.24, 2.45) is 0 Å². The smallest absolute Gasteiger partial charge is 0.325 e. The van der Waals surface area contributed by atoms with Crippen molar-refractivity contribution >= 4 is 21.7 Å². The van der Waals surface area contributed by atoms with Gasteiger partial charge < -0.3 is 5.11 Å². The SMILES string of the molecule is N#Cc1ncccc1S(=O)(=O)Nc1cnn(CC(=O)O)c1. The van der Waals surface area contributed by atoms with Gasteiger partial charge in [0.25, 0.3) is 10.0 Å². The Labute approximate surface area is 119 Å². The maximum Gasteiger partial charge on any atom is 0.325 e. The number of sulfonamides is 1. The second-order valence-corrected chi connectivity index (χ2v) is 5.54. The molecule has 0 amide bonds. The fraction of sp³-hybridized carbons (Fsp3) is 0.0909. The number of pyridine rings is 1. The molecule has 0 fully saturated rings. The minimum absolute atomic E-state index is 0.0870. The van der Waals surface area contributed by atoms with Gasteiger partial charge in [-0.25, -0.2) is 13.4 Å². The summed E-state index contributed by atoms with van der Waals surface area (Å²) in [7, 11) is -4.01. The van der Waals surface area contributed by atoms with E-state index < -0.39 is 22.5 Å². The zero-order valence-electron chi connectivity index (χ0n) is 10.5. The standard InChI is InChI=1S/C11H9N5O4S/c12-4-9-10(2-1-3-13-9)21(19,20)15-8-5-14-16(6-8)7-11(17)18/h1-3,5-6,15H,7H2,(H,17,18). The second-order valence-electron chi connectivity index (χ2n) is 3.89. The lowest BCUT2D eigenvalue weighted by molar-refractivity contribution is -0.137. The molecule has 0 spiro atoms. The number of carboxylic acids is 1. The highest BCUT2D eigenvalue weighted by Gasteiger charge is 2.20. The Bertz CT molecular complexity index is 821. The third-order valence-electron chi connectivity index (χ3n) is 2.35. The first-order valence-electron chi connectivity index (χ1n) is 5.54. The molecule has 0 radical (unpaired) electrons. The van der Waals surface area contributed by atoms with Crippen LogP contribution in [0.1, 0.15) is 5.69 Å². The number of nitrogens with zero attached hydrogens (tertiary/aromatic N) is 4. The van der Waals surface area contributed by atoms with Crippen molar-refractivity contribution in [1.82, 2.24) is 14.8 Å². The fourth-order valence-electron chi connectivity index (χ4n) is 1.54. The van der Waals surface area contributed by atoms with E-state index in [1.165, 1.54) is 30.7 Å². The summed E-state index contributed by atoms with van der Waals surface area (Å²) in [5.74, 6) is -1.11. The molecule has 9 nitrogen and oxygen atoms in total. The molecule has 2 rings (SSSR count). The van der Waals surface area contributed by atoms with Gasteiger partial charge in [-0.2, -0.15) is 10.4 Å². The number of nitriles is 1. The van der Waals surface area contributed by atoms with E-state index in [2.05, 4.69) is 14.8 Å². The predicted molar refractivity (Wildman–Crippen MR) is 69.6 cm³/mol. The number of anilines is 1. The van der Waals surface area contributed by atoms with Crippen LogP contribution < -0.4 is 4.72 Å². The van der Waals surface area contributed by atoms with Crippen molar-refractivity contribution in [3.8, 4) is 6.07 Å². The highest BCUT2D eigenvalue weighted by Crippen LogP contribution is 2.17. The average Bonchev–Trinajstić information content (AvgIpc) is 2.84. The first-order valence-corrected chi connectivity index (χ1v) is 7.03. The van der Waals surface area contributed by atoms with Crippen LogP contribution in [0.3, 0.4) is 0 Å². The lowest BCUT2D eigenvalue weighted by atomic mass is 10.4. The van der Waals surface area contributed by atoms with E-state index in [9.17, 15) is 13.2 Å². The van der Waals surface area contributed by atoms with Crippen LogP contribution in [0.4, 0.5) is 5.69 Å². The number of hydrogen-bond donors (Lipinski definition) is 2. The van der Waals surface area contributed by atoms with E-state index in [1.54, 1.807) is 6.07 Å². The van der Waals surface area contributed by atoms with E-state index in [0.29, 0.717) is 0 Å². The largest absolute Gasteiger partial charge is 0.480 e. The van der Waals surface area contributed by atoms with E-state index in [-0.39, 0.29) is 16.3 Å². The van der Waals surface area contributed by atoms with Gasteiger partial charge in [-0.3, -0.25) is 14.2 Å². The molecule has 2 N–H and O–H groups in total. The van der Waals surface area contributed by atoms with Crippen LogP contribution >= 0.6 is 0 Å². The molecular weight excluding hydrogens is 298 g/mol. The van der Waals surface area contributed by atoms with Gasteiger partial charge in [-0.05, 0) is 12.1 Å². The van der Waals surface area contributed by atoms with E-state index in [4.69, 9.17) is 10.4 Å². The van der Waals surface area contributed by atoms with Crippen molar-refractivity contribution in [2.75, 3.05) is 4.72 Å². The van der Waals surface area contributed by atoms with Gasteiger partial charge in [0.1, 0.15) is 17.5 Å². The molecule has 0 aromatic carbocycles. The van der Waals surface area contributed by atoms with Crippen LogP contribution in [0, 0.1) is 11.3 Å². The van der Waals surface area contributed by atoms with Gasteiger partial charge in [0, 0.05) is 12.4 Å². The van der Waals surface area contributed by atoms with E-state index >= 15 is 0 Å². The Morgan fingerprint density at radius 3 is 2.95 bits per heavy atom. The van der Waals surface area contributed by atoms with Gasteiger partial charge in [0.2, 0.25) is 0 Å². The number of carboxylic acid groups (broad SMARTS) is 1. The molecule has 0 saturated heterocycles. The molecular formula is C11H9N5O4S. The normalized spacial score (nSPS) is 10.8. The molecule has 2 aromatic rings. The first kappa shape index (κ1) is 14.5. The van der Waals surface area contributed by atoms with Crippen LogP contribution in [-0.4, -0.2) is 34.3 Å². The number of carbonyl (C=O) groups is 1. The summed E-state index contributed by atoms with van der Waals surface area (Å²) in [4.78, 5) is 13.9. The van der Waals surface area contributed by atoms with Gasteiger partial charge >= 0.3 is 5.97 Å². The van der Waals surface area contributed by atoms with Crippen molar-refractivity contribution in [2.45, 2.75) is 11.4 Å². The Hall–Kier alpha value is -2.93. The fourth-order valence-corrected chi connectivity index (χ4v) is 2.68. The van der Waals surface area contributed by atoms with E-state index in [1.807, 2.05) is 0 Å². The zero-order valence-corrected chi connectivity index (χ0v) is 11.3. The summed E-state index contributed by atoms with van der Waals surface area (Å²) in [6, 6.07) is 4.33.